The minimum absolute atomic E-state index is 0.0314. The number of aliphatic hydroxyl groups excluding tert-OH is 1. The molecule has 0 radical (unpaired) electrons. The molecule has 11 heteroatoms. The first-order valence-electron chi connectivity index (χ1n) is 7.72. The fourth-order valence-electron chi connectivity index (χ4n) is 2.94. The largest absolute Gasteiger partial charge is 0.394 e. The standard InChI is InChI=1S/C14H21N5O6/c1-22-3-4-24-10-9(23-2)7(5-20)25-13(10)19-6-16-8-11(19)17-14(15)18-12(8)21/h6-7,9-10,13,20H,3-5H2,1-2H3,(H3,15,17,18,21). The molecular formula is C14H21N5O6. The number of nitrogens with zero attached hydrogens (tertiary/aromatic N) is 3. The second-order valence-corrected chi connectivity index (χ2v) is 5.55. The van der Waals surface area contributed by atoms with Crippen molar-refractivity contribution >= 4 is 17.1 Å². The molecule has 1 aliphatic heterocycles. The van der Waals surface area contributed by atoms with E-state index in [4.69, 9.17) is 24.7 Å². The van der Waals surface area contributed by atoms with Gasteiger partial charge >= 0.3 is 0 Å². The average Bonchev–Trinajstić information content (AvgIpc) is 3.15. The van der Waals surface area contributed by atoms with Crippen molar-refractivity contribution in [2.75, 3.05) is 39.8 Å². The summed E-state index contributed by atoms with van der Waals surface area (Å²) >= 11 is 0. The summed E-state index contributed by atoms with van der Waals surface area (Å²) in [5.41, 5.74) is 5.58. The third kappa shape index (κ3) is 3.24. The quantitative estimate of drug-likeness (QED) is 0.512. The van der Waals surface area contributed by atoms with Crippen molar-refractivity contribution in [2.24, 2.45) is 0 Å². The van der Waals surface area contributed by atoms with Crippen molar-refractivity contribution in [1.29, 1.82) is 0 Å². The van der Waals surface area contributed by atoms with E-state index in [1.165, 1.54) is 13.4 Å². The summed E-state index contributed by atoms with van der Waals surface area (Å²) in [6.45, 7) is 0.447. The van der Waals surface area contributed by atoms with Gasteiger partial charge in [0.2, 0.25) is 5.95 Å². The zero-order chi connectivity index (χ0) is 18.0. The van der Waals surface area contributed by atoms with Gasteiger partial charge < -0.3 is 29.8 Å². The number of ether oxygens (including phenoxy) is 4. The van der Waals surface area contributed by atoms with Crippen LogP contribution in [0, 0.1) is 0 Å². The lowest BCUT2D eigenvalue weighted by atomic mass is 10.1. The van der Waals surface area contributed by atoms with E-state index in [-0.39, 0.29) is 23.7 Å². The van der Waals surface area contributed by atoms with Gasteiger partial charge in [0.25, 0.3) is 5.56 Å². The molecule has 0 bridgehead atoms. The molecule has 4 unspecified atom stereocenters. The first-order valence-corrected chi connectivity index (χ1v) is 7.72. The molecule has 1 saturated heterocycles. The minimum Gasteiger partial charge on any atom is -0.394 e. The number of imidazole rings is 1. The van der Waals surface area contributed by atoms with Crippen LogP contribution in [0.25, 0.3) is 11.2 Å². The SMILES string of the molecule is COCCOC1C(OC)C(CO)OC1n1cnc2c(=O)[nH]c(N)nc21. The highest BCUT2D eigenvalue weighted by atomic mass is 16.6. The molecule has 0 spiro atoms. The number of fused-ring (bicyclic) bond motifs is 1. The maximum absolute atomic E-state index is 12.0. The van der Waals surface area contributed by atoms with Crippen LogP contribution in [0.1, 0.15) is 6.23 Å². The highest BCUT2D eigenvalue weighted by Gasteiger charge is 2.47. The number of hydrogen-bond acceptors (Lipinski definition) is 9. The molecule has 3 heterocycles. The van der Waals surface area contributed by atoms with Crippen molar-refractivity contribution in [3.05, 3.63) is 16.7 Å². The fourth-order valence-corrected chi connectivity index (χ4v) is 2.94. The Kier molecular flexibility index (Phi) is 5.30. The number of H-pyrrole nitrogens is 1. The Morgan fingerprint density at radius 1 is 1.40 bits per heavy atom. The summed E-state index contributed by atoms with van der Waals surface area (Å²) in [5.74, 6) is -0.0314. The summed E-state index contributed by atoms with van der Waals surface area (Å²) in [6.07, 6.45) is -0.937. The van der Waals surface area contributed by atoms with Gasteiger partial charge in [-0.1, -0.05) is 0 Å². The number of nitrogen functional groups attached to an aromatic ring is 1. The molecule has 4 N–H and O–H groups in total. The van der Waals surface area contributed by atoms with Crippen LogP contribution in [-0.2, 0) is 18.9 Å². The van der Waals surface area contributed by atoms with Crippen LogP contribution in [0.5, 0.6) is 0 Å². The number of aliphatic hydroxyl groups is 1. The first-order chi connectivity index (χ1) is 12.1. The number of aromatic amines is 1. The number of nitrogens with two attached hydrogens (primary N) is 1. The smallest absolute Gasteiger partial charge is 0.280 e. The van der Waals surface area contributed by atoms with E-state index >= 15 is 0 Å². The van der Waals surface area contributed by atoms with Crippen LogP contribution in [0.15, 0.2) is 11.1 Å². The summed E-state index contributed by atoms with van der Waals surface area (Å²) < 4.78 is 23.7. The van der Waals surface area contributed by atoms with Crippen molar-refractivity contribution in [2.45, 2.75) is 24.5 Å². The lowest BCUT2D eigenvalue weighted by Gasteiger charge is -2.23. The number of anilines is 1. The normalized spacial score (nSPS) is 26.5. The molecule has 2 aromatic rings. The molecule has 25 heavy (non-hydrogen) atoms. The summed E-state index contributed by atoms with van der Waals surface area (Å²) in [7, 11) is 3.08. The van der Waals surface area contributed by atoms with E-state index < -0.39 is 30.1 Å². The van der Waals surface area contributed by atoms with Gasteiger partial charge in [-0.2, -0.15) is 4.98 Å². The van der Waals surface area contributed by atoms with E-state index in [1.54, 1.807) is 11.7 Å². The number of hydrogen-bond donors (Lipinski definition) is 3. The molecule has 1 fully saturated rings. The topological polar surface area (TPSA) is 147 Å². The number of rotatable bonds is 7. The summed E-state index contributed by atoms with van der Waals surface area (Å²) in [5, 5.41) is 9.57. The molecule has 138 valence electrons. The Morgan fingerprint density at radius 3 is 2.88 bits per heavy atom. The average molecular weight is 355 g/mol. The summed E-state index contributed by atoms with van der Waals surface area (Å²) in [6, 6.07) is 0. The van der Waals surface area contributed by atoms with Crippen LogP contribution in [-0.4, -0.2) is 77.0 Å². The Hall–Kier alpha value is -2.05. The van der Waals surface area contributed by atoms with Crippen LogP contribution in [0.2, 0.25) is 0 Å². The second kappa shape index (κ2) is 7.45. The number of methoxy groups -OCH3 is 2. The van der Waals surface area contributed by atoms with E-state index in [1.807, 2.05) is 0 Å². The zero-order valence-electron chi connectivity index (χ0n) is 13.9. The van der Waals surface area contributed by atoms with Crippen molar-refractivity contribution in [3.63, 3.8) is 0 Å². The lowest BCUT2D eigenvalue weighted by molar-refractivity contribution is -0.0817. The molecule has 0 amide bonds. The van der Waals surface area contributed by atoms with Crippen molar-refractivity contribution < 1.29 is 24.1 Å². The van der Waals surface area contributed by atoms with Gasteiger partial charge in [0.15, 0.2) is 17.4 Å². The van der Waals surface area contributed by atoms with Gasteiger partial charge in [-0.25, -0.2) is 4.98 Å². The Balaban J connectivity index is 1.99. The maximum atomic E-state index is 12.0. The van der Waals surface area contributed by atoms with Crippen LogP contribution < -0.4 is 11.3 Å². The van der Waals surface area contributed by atoms with E-state index in [9.17, 15) is 9.90 Å². The van der Waals surface area contributed by atoms with Crippen LogP contribution in [0.4, 0.5) is 5.95 Å². The third-order valence-corrected chi connectivity index (χ3v) is 4.06. The van der Waals surface area contributed by atoms with Crippen molar-refractivity contribution in [1.82, 2.24) is 19.5 Å². The van der Waals surface area contributed by atoms with Crippen LogP contribution >= 0.6 is 0 Å². The molecule has 1 aliphatic rings. The van der Waals surface area contributed by atoms with Gasteiger partial charge in [-0.05, 0) is 0 Å². The maximum Gasteiger partial charge on any atom is 0.280 e. The monoisotopic (exact) mass is 355 g/mol. The third-order valence-electron chi connectivity index (χ3n) is 4.06. The number of aromatic nitrogens is 4. The molecule has 11 nitrogen and oxygen atoms in total. The highest BCUT2D eigenvalue weighted by Crippen LogP contribution is 2.34. The van der Waals surface area contributed by atoms with Gasteiger partial charge in [0.05, 0.1) is 26.1 Å². The molecule has 0 aliphatic carbocycles. The second-order valence-electron chi connectivity index (χ2n) is 5.55. The molecule has 0 aromatic carbocycles. The fraction of sp³-hybridized carbons (Fsp3) is 0.643. The van der Waals surface area contributed by atoms with Gasteiger partial charge in [0, 0.05) is 14.2 Å². The Morgan fingerprint density at radius 2 is 2.20 bits per heavy atom. The van der Waals surface area contributed by atoms with E-state index in [2.05, 4.69) is 15.0 Å². The van der Waals surface area contributed by atoms with Crippen molar-refractivity contribution in [3.8, 4) is 0 Å². The zero-order valence-corrected chi connectivity index (χ0v) is 13.9. The molecule has 2 aromatic heterocycles. The number of nitrogens with one attached hydrogen (secondary N) is 1. The van der Waals surface area contributed by atoms with Gasteiger partial charge in [-0.3, -0.25) is 14.3 Å². The predicted octanol–water partition coefficient (Wildman–Crippen LogP) is -1.36. The highest BCUT2D eigenvalue weighted by molar-refractivity contribution is 5.70. The predicted molar refractivity (Wildman–Crippen MR) is 86.0 cm³/mol. The van der Waals surface area contributed by atoms with E-state index in [0.29, 0.717) is 13.2 Å². The molecule has 3 rings (SSSR count). The molecular weight excluding hydrogens is 334 g/mol. The van der Waals surface area contributed by atoms with Gasteiger partial charge in [0.1, 0.15) is 18.3 Å². The molecule has 4 atom stereocenters. The molecule has 0 saturated carbocycles. The minimum atomic E-state index is -0.697. The summed E-state index contributed by atoms with van der Waals surface area (Å²) in [4.78, 5) is 22.6. The van der Waals surface area contributed by atoms with Gasteiger partial charge in [-0.15, -0.1) is 0 Å². The lowest BCUT2D eigenvalue weighted by Crippen LogP contribution is -2.37. The first kappa shape index (κ1) is 17.8. The van der Waals surface area contributed by atoms with E-state index in [0.717, 1.165) is 0 Å². The Bertz CT molecular complexity index is 777. The van der Waals surface area contributed by atoms with Crippen LogP contribution in [0.3, 0.4) is 0 Å². The Labute approximate surface area is 142 Å².